The molecule has 0 aliphatic carbocycles. The second-order valence-corrected chi connectivity index (χ2v) is 5.70. The smallest absolute Gasteiger partial charge is 0.184 e. The van der Waals surface area contributed by atoms with Gasteiger partial charge in [0.05, 0.1) is 27.5 Å². The second kappa shape index (κ2) is 5.15. The number of benzene rings is 1. The minimum atomic E-state index is 0.649. The molecule has 0 fully saturated rings. The molecule has 1 N–H and O–H groups in total. The van der Waals surface area contributed by atoms with Crippen LogP contribution in [0.25, 0.3) is 10.2 Å². The van der Waals surface area contributed by atoms with E-state index in [4.69, 9.17) is 11.6 Å². The zero-order valence-electron chi connectivity index (χ0n) is 10.4. The molecule has 0 unspecified atom stereocenters. The standard InChI is InChI=1S/C14H12ClN3S/c1-9-3-2-4-12-13(9)19-14(18-12)17-8-11-6-5-10(15)7-16-11/h2-7H,8H2,1H3,(H,17,18). The quantitative estimate of drug-likeness (QED) is 0.782. The lowest BCUT2D eigenvalue weighted by Crippen LogP contribution is -2.00. The molecule has 0 saturated heterocycles. The van der Waals surface area contributed by atoms with Crippen LogP contribution in [0.15, 0.2) is 36.5 Å². The Morgan fingerprint density at radius 2 is 2.16 bits per heavy atom. The summed E-state index contributed by atoms with van der Waals surface area (Å²) in [5.74, 6) is 0. The average Bonchev–Trinajstić information content (AvgIpc) is 2.83. The maximum atomic E-state index is 5.81. The van der Waals surface area contributed by atoms with Crippen molar-refractivity contribution in [2.75, 3.05) is 5.32 Å². The van der Waals surface area contributed by atoms with Crippen molar-refractivity contribution in [3.05, 3.63) is 52.8 Å². The largest absolute Gasteiger partial charge is 0.356 e. The fourth-order valence-corrected chi connectivity index (χ4v) is 2.88. The lowest BCUT2D eigenvalue weighted by Gasteiger charge is -2.01. The highest BCUT2D eigenvalue weighted by Gasteiger charge is 2.05. The summed E-state index contributed by atoms with van der Waals surface area (Å²) in [6.45, 7) is 2.75. The molecule has 3 nitrogen and oxygen atoms in total. The summed E-state index contributed by atoms with van der Waals surface area (Å²) < 4.78 is 1.23. The first kappa shape index (κ1) is 12.4. The molecule has 2 heterocycles. The van der Waals surface area contributed by atoms with Crippen LogP contribution >= 0.6 is 22.9 Å². The van der Waals surface area contributed by atoms with E-state index in [0.717, 1.165) is 16.3 Å². The number of nitrogens with one attached hydrogen (secondary N) is 1. The number of aromatic nitrogens is 2. The van der Waals surface area contributed by atoms with Gasteiger partial charge >= 0.3 is 0 Å². The minimum Gasteiger partial charge on any atom is -0.356 e. The summed E-state index contributed by atoms with van der Waals surface area (Å²) in [5.41, 5.74) is 3.24. The van der Waals surface area contributed by atoms with Crippen LogP contribution in [0.2, 0.25) is 5.02 Å². The molecule has 3 rings (SSSR count). The summed E-state index contributed by atoms with van der Waals surface area (Å²) in [4.78, 5) is 8.81. The fraction of sp³-hybridized carbons (Fsp3) is 0.143. The number of rotatable bonds is 3. The van der Waals surface area contributed by atoms with Gasteiger partial charge in [-0.15, -0.1) is 0 Å². The lowest BCUT2D eigenvalue weighted by atomic mass is 10.2. The third-order valence-electron chi connectivity index (χ3n) is 2.82. The van der Waals surface area contributed by atoms with E-state index in [1.165, 1.54) is 10.3 Å². The van der Waals surface area contributed by atoms with Crippen LogP contribution in [0.5, 0.6) is 0 Å². The van der Waals surface area contributed by atoms with Crippen molar-refractivity contribution in [1.29, 1.82) is 0 Å². The van der Waals surface area contributed by atoms with Crippen molar-refractivity contribution in [1.82, 2.24) is 9.97 Å². The first-order valence-corrected chi connectivity index (χ1v) is 7.12. The average molecular weight is 290 g/mol. The van der Waals surface area contributed by atoms with Crippen LogP contribution in [-0.4, -0.2) is 9.97 Å². The van der Waals surface area contributed by atoms with Gasteiger partial charge in [0.15, 0.2) is 5.13 Å². The van der Waals surface area contributed by atoms with E-state index in [1.54, 1.807) is 17.5 Å². The molecule has 1 aromatic carbocycles. The Kier molecular flexibility index (Phi) is 3.36. The van der Waals surface area contributed by atoms with Gasteiger partial charge < -0.3 is 5.32 Å². The normalized spacial score (nSPS) is 10.8. The zero-order valence-corrected chi connectivity index (χ0v) is 11.9. The summed E-state index contributed by atoms with van der Waals surface area (Å²) >= 11 is 7.48. The first-order valence-electron chi connectivity index (χ1n) is 5.93. The maximum absolute atomic E-state index is 5.81. The van der Waals surface area contributed by atoms with Crippen molar-refractivity contribution >= 4 is 38.3 Å². The van der Waals surface area contributed by atoms with E-state index in [0.29, 0.717) is 11.6 Å². The predicted octanol–water partition coefficient (Wildman–Crippen LogP) is 4.27. The Balaban J connectivity index is 1.78. The molecule has 0 atom stereocenters. The van der Waals surface area contributed by atoms with E-state index in [1.807, 2.05) is 24.3 Å². The Labute approximate surface area is 120 Å². The van der Waals surface area contributed by atoms with Crippen molar-refractivity contribution in [2.24, 2.45) is 0 Å². The highest BCUT2D eigenvalue weighted by atomic mass is 35.5. The molecular weight excluding hydrogens is 278 g/mol. The predicted molar refractivity (Wildman–Crippen MR) is 80.9 cm³/mol. The number of anilines is 1. The van der Waals surface area contributed by atoms with Crippen molar-refractivity contribution < 1.29 is 0 Å². The van der Waals surface area contributed by atoms with E-state index in [2.05, 4.69) is 28.3 Å². The van der Waals surface area contributed by atoms with Gasteiger partial charge in [-0.2, -0.15) is 0 Å². The zero-order chi connectivity index (χ0) is 13.2. The molecule has 19 heavy (non-hydrogen) atoms. The molecule has 96 valence electrons. The van der Waals surface area contributed by atoms with Gasteiger partial charge in [-0.25, -0.2) is 4.98 Å². The van der Waals surface area contributed by atoms with Crippen LogP contribution in [0, 0.1) is 6.92 Å². The van der Waals surface area contributed by atoms with Crippen molar-refractivity contribution in [3.63, 3.8) is 0 Å². The van der Waals surface area contributed by atoms with Gasteiger partial charge in [-0.3, -0.25) is 4.98 Å². The van der Waals surface area contributed by atoms with Gasteiger partial charge in [-0.05, 0) is 30.7 Å². The monoisotopic (exact) mass is 289 g/mol. The van der Waals surface area contributed by atoms with Crippen molar-refractivity contribution in [2.45, 2.75) is 13.5 Å². The highest BCUT2D eigenvalue weighted by molar-refractivity contribution is 7.22. The maximum Gasteiger partial charge on any atom is 0.184 e. The summed E-state index contributed by atoms with van der Waals surface area (Å²) in [7, 11) is 0. The number of nitrogens with zero attached hydrogens (tertiary/aromatic N) is 2. The van der Waals surface area contributed by atoms with Crippen LogP contribution in [0.1, 0.15) is 11.3 Å². The highest BCUT2D eigenvalue weighted by Crippen LogP contribution is 2.28. The number of pyridine rings is 1. The number of hydrogen-bond donors (Lipinski definition) is 1. The third kappa shape index (κ3) is 2.69. The van der Waals surface area contributed by atoms with Gasteiger partial charge in [0, 0.05) is 6.20 Å². The summed E-state index contributed by atoms with van der Waals surface area (Å²) in [6, 6.07) is 9.92. The molecule has 0 spiro atoms. The summed E-state index contributed by atoms with van der Waals surface area (Å²) in [5, 5.41) is 4.87. The van der Waals surface area contributed by atoms with Crippen LogP contribution in [0.4, 0.5) is 5.13 Å². The SMILES string of the molecule is Cc1cccc2nc(NCc3ccc(Cl)cn3)sc12. The van der Waals surface area contributed by atoms with Gasteiger partial charge in [0.25, 0.3) is 0 Å². The first-order chi connectivity index (χ1) is 9.22. The second-order valence-electron chi connectivity index (χ2n) is 4.26. The molecule has 0 saturated carbocycles. The third-order valence-corrected chi connectivity index (χ3v) is 4.21. The van der Waals surface area contributed by atoms with Crippen LogP contribution in [-0.2, 0) is 6.54 Å². The Morgan fingerprint density at radius 3 is 2.89 bits per heavy atom. The number of thiazole rings is 1. The topological polar surface area (TPSA) is 37.8 Å². The van der Waals surface area contributed by atoms with Gasteiger partial charge in [0.2, 0.25) is 0 Å². The molecule has 3 aromatic rings. The number of hydrogen-bond acceptors (Lipinski definition) is 4. The molecule has 5 heteroatoms. The minimum absolute atomic E-state index is 0.649. The van der Waals surface area contributed by atoms with Crippen LogP contribution in [0.3, 0.4) is 0 Å². The molecular formula is C14H12ClN3S. The number of halogens is 1. The molecule has 0 radical (unpaired) electrons. The molecule has 0 aliphatic rings. The van der Waals surface area contributed by atoms with E-state index >= 15 is 0 Å². The van der Waals surface area contributed by atoms with E-state index in [9.17, 15) is 0 Å². The van der Waals surface area contributed by atoms with Crippen LogP contribution < -0.4 is 5.32 Å². The fourth-order valence-electron chi connectivity index (χ4n) is 1.84. The lowest BCUT2D eigenvalue weighted by molar-refractivity contribution is 1.04. The molecule has 2 aromatic heterocycles. The summed E-state index contributed by atoms with van der Waals surface area (Å²) in [6.07, 6.45) is 1.65. The van der Waals surface area contributed by atoms with Crippen molar-refractivity contribution in [3.8, 4) is 0 Å². The Hall–Kier alpha value is -1.65. The Morgan fingerprint density at radius 1 is 1.26 bits per heavy atom. The molecule has 0 aliphatic heterocycles. The number of aryl methyl sites for hydroxylation is 1. The van der Waals surface area contributed by atoms with Gasteiger partial charge in [0.1, 0.15) is 0 Å². The van der Waals surface area contributed by atoms with Gasteiger partial charge in [-0.1, -0.05) is 35.1 Å². The molecule has 0 amide bonds. The van der Waals surface area contributed by atoms with E-state index in [-0.39, 0.29) is 0 Å². The Bertz CT molecular complexity index is 706. The van der Waals surface area contributed by atoms with E-state index < -0.39 is 0 Å². The molecule has 0 bridgehead atoms. The number of fused-ring (bicyclic) bond motifs is 1.